The molecule has 0 atom stereocenters. The Labute approximate surface area is 123 Å². The molecule has 0 aliphatic rings. The van der Waals surface area contributed by atoms with Crippen molar-refractivity contribution in [3.05, 3.63) is 41.3 Å². The molecule has 98 valence electrons. The molecule has 1 amide bonds. The average Bonchev–Trinajstić information content (AvgIpc) is 2.40. The summed E-state index contributed by atoms with van der Waals surface area (Å²) in [6.45, 7) is 0. The van der Waals surface area contributed by atoms with Crippen LogP contribution < -0.4 is 11.1 Å². The Kier molecular flexibility index (Phi) is 4.75. The van der Waals surface area contributed by atoms with Gasteiger partial charge in [0.2, 0.25) is 5.91 Å². The molecule has 0 aromatic carbocycles. The summed E-state index contributed by atoms with van der Waals surface area (Å²) < 4.78 is 0.865. The first-order chi connectivity index (χ1) is 9.15. The molecule has 3 N–H and O–H groups in total. The van der Waals surface area contributed by atoms with Gasteiger partial charge >= 0.3 is 0 Å². The van der Waals surface area contributed by atoms with Crippen LogP contribution in [0.4, 0.5) is 11.5 Å². The Bertz CT molecular complexity index is 576. The fraction of sp³-hybridized carbons (Fsp3) is 0.0833. The van der Waals surface area contributed by atoms with Gasteiger partial charge in [-0.05, 0) is 34.1 Å². The largest absolute Gasteiger partial charge is 0.397 e. The van der Waals surface area contributed by atoms with Crippen LogP contribution in [0.5, 0.6) is 0 Å². The second-order valence-electron chi connectivity index (χ2n) is 3.61. The zero-order chi connectivity index (χ0) is 13.7. The maximum Gasteiger partial charge on any atom is 0.235 e. The van der Waals surface area contributed by atoms with Crippen molar-refractivity contribution in [3.63, 3.8) is 0 Å². The number of hydrogen-bond donors (Lipinski definition) is 2. The molecular formula is C12H11BrN4OS. The predicted molar refractivity (Wildman–Crippen MR) is 79.9 cm³/mol. The molecule has 2 heterocycles. The van der Waals surface area contributed by atoms with Crippen molar-refractivity contribution in [3.8, 4) is 0 Å². The summed E-state index contributed by atoms with van der Waals surface area (Å²) in [5.41, 5.74) is 6.31. The summed E-state index contributed by atoms with van der Waals surface area (Å²) in [6, 6.07) is 5.33. The lowest BCUT2D eigenvalue weighted by Gasteiger charge is -2.05. The summed E-state index contributed by atoms with van der Waals surface area (Å²) >= 11 is 4.65. The fourth-order valence-electron chi connectivity index (χ4n) is 1.30. The van der Waals surface area contributed by atoms with Crippen molar-refractivity contribution in [2.75, 3.05) is 16.8 Å². The van der Waals surface area contributed by atoms with Gasteiger partial charge in [-0.2, -0.15) is 0 Å². The Morgan fingerprint density at radius 1 is 1.37 bits per heavy atom. The summed E-state index contributed by atoms with van der Waals surface area (Å²) in [5.74, 6) is 0.666. The van der Waals surface area contributed by atoms with E-state index >= 15 is 0 Å². The van der Waals surface area contributed by atoms with Crippen LogP contribution in [0.25, 0.3) is 0 Å². The molecule has 0 fully saturated rings. The molecule has 0 aliphatic heterocycles. The number of amides is 1. The van der Waals surface area contributed by atoms with E-state index in [1.807, 2.05) is 6.07 Å². The van der Waals surface area contributed by atoms with Crippen LogP contribution in [0.15, 0.2) is 46.2 Å². The second kappa shape index (κ2) is 6.53. The van der Waals surface area contributed by atoms with E-state index in [2.05, 4.69) is 31.2 Å². The SMILES string of the molecule is Nc1cnccc1SCC(=O)Nc1ccc(Br)cn1. The molecule has 5 nitrogen and oxygen atoms in total. The van der Waals surface area contributed by atoms with Crippen LogP contribution in [0, 0.1) is 0 Å². The van der Waals surface area contributed by atoms with Crippen molar-refractivity contribution in [2.45, 2.75) is 4.90 Å². The van der Waals surface area contributed by atoms with E-state index in [0.717, 1.165) is 9.37 Å². The maximum absolute atomic E-state index is 11.7. The number of carbonyl (C=O) groups excluding carboxylic acids is 1. The van der Waals surface area contributed by atoms with Crippen molar-refractivity contribution in [2.24, 2.45) is 0 Å². The number of nitrogens with one attached hydrogen (secondary N) is 1. The van der Waals surface area contributed by atoms with Crippen molar-refractivity contribution < 1.29 is 4.79 Å². The molecule has 0 radical (unpaired) electrons. The second-order valence-corrected chi connectivity index (χ2v) is 5.54. The van der Waals surface area contributed by atoms with Crippen LogP contribution in [-0.4, -0.2) is 21.6 Å². The lowest BCUT2D eigenvalue weighted by Crippen LogP contribution is -2.14. The van der Waals surface area contributed by atoms with E-state index in [1.165, 1.54) is 11.8 Å². The van der Waals surface area contributed by atoms with E-state index < -0.39 is 0 Å². The zero-order valence-electron chi connectivity index (χ0n) is 9.84. The summed E-state index contributed by atoms with van der Waals surface area (Å²) in [4.78, 5) is 20.5. The van der Waals surface area contributed by atoms with Gasteiger partial charge in [-0.1, -0.05) is 0 Å². The van der Waals surface area contributed by atoms with Gasteiger partial charge in [0.1, 0.15) is 5.82 Å². The van der Waals surface area contributed by atoms with Crippen LogP contribution in [-0.2, 0) is 4.79 Å². The van der Waals surface area contributed by atoms with E-state index in [-0.39, 0.29) is 11.7 Å². The first-order valence-corrected chi connectivity index (χ1v) is 7.16. The van der Waals surface area contributed by atoms with Gasteiger partial charge < -0.3 is 11.1 Å². The lowest BCUT2D eigenvalue weighted by molar-refractivity contribution is -0.113. The van der Waals surface area contributed by atoms with Gasteiger partial charge in [0.25, 0.3) is 0 Å². The van der Waals surface area contributed by atoms with Crippen molar-refractivity contribution in [1.82, 2.24) is 9.97 Å². The number of nitrogens with zero attached hydrogens (tertiary/aromatic N) is 2. The van der Waals surface area contributed by atoms with Crippen molar-refractivity contribution >= 4 is 45.1 Å². The summed E-state index contributed by atoms with van der Waals surface area (Å²) in [6.07, 6.45) is 4.84. The number of nitrogens with two attached hydrogens (primary N) is 1. The Hall–Kier alpha value is -1.60. The molecule has 2 aromatic rings. The quantitative estimate of drug-likeness (QED) is 0.837. The Morgan fingerprint density at radius 2 is 2.21 bits per heavy atom. The number of nitrogen functional groups attached to an aromatic ring is 1. The number of hydrogen-bond acceptors (Lipinski definition) is 5. The highest BCUT2D eigenvalue weighted by molar-refractivity contribution is 9.10. The van der Waals surface area contributed by atoms with Crippen LogP contribution in [0.2, 0.25) is 0 Å². The third-order valence-electron chi connectivity index (χ3n) is 2.16. The van der Waals surface area contributed by atoms with Gasteiger partial charge in [0.15, 0.2) is 0 Å². The molecule has 2 rings (SSSR count). The average molecular weight is 339 g/mol. The molecule has 0 saturated heterocycles. The van der Waals surface area contributed by atoms with Crippen LogP contribution >= 0.6 is 27.7 Å². The number of rotatable bonds is 4. The van der Waals surface area contributed by atoms with Crippen LogP contribution in [0.3, 0.4) is 0 Å². The summed E-state index contributed by atoms with van der Waals surface area (Å²) in [7, 11) is 0. The van der Waals surface area contributed by atoms with E-state index in [1.54, 1.807) is 30.7 Å². The lowest BCUT2D eigenvalue weighted by atomic mass is 10.4. The maximum atomic E-state index is 11.7. The first-order valence-electron chi connectivity index (χ1n) is 5.39. The minimum Gasteiger partial charge on any atom is -0.397 e. The van der Waals surface area contributed by atoms with Gasteiger partial charge in [-0.25, -0.2) is 4.98 Å². The smallest absolute Gasteiger partial charge is 0.235 e. The van der Waals surface area contributed by atoms with Crippen molar-refractivity contribution in [1.29, 1.82) is 0 Å². The molecular weight excluding hydrogens is 328 g/mol. The number of aromatic nitrogens is 2. The molecule has 0 bridgehead atoms. The topological polar surface area (TPSA) is 80.9 Å². The normalized spacial score (nSPS) is 10.2. The molecule has 2 aromatic heterocycles. The number of pyridine rings is 2. The molecule has 0 spiro atoms. The number of carbonyl (C=O) groups is 1. The van der Waals surface area contributed by atoms with Gasteiger partial charge in [0.05, 0.1) is 17.6 Å². The fourth-order valence-corrected chi connectivity index (χ4v) is 2.27. The van der Waals surface area contributed by atoms with Gasteiger partial charge in [0, 0.05) is 21.8 Å². The molecule has 19 heavy (non-hydrogen) atoms. The van der Waals surface area contributed by atoms with E-state index in [0.29, 0.717) is 11.5 Å². The van der Waals surface area contributed by atoms with Crippen LogP contribution in [0.1, 0.15) is 0 Å². The van der Waals surface area contributed by atoms with E-state index in [4.69, 9.17) is 5.73 Å². The van der Waals surface area contributed by atoms with Gasteiger partial charge in [-0.15, -0.1) is 11.8 Å². The number of anilines is 2. The summed E-state index contributed by atoms with van der Waals surface area (Å²) in [5, 5.41) is 2.71. The highest BCUT2D eigenvalue weighted by Crippen LogP contribution is 2.23. The highest BCUT2D eigenvalue weighted by Gasteiger charge is 2.06. The standard InChI is InChI=1S/C12H11BrN4OS/c13-8-1-2-11(16-5-8)17-12(18)7-19-10-3-4-15-6-9(10)14/h1-6H,7,14H2,(H,16,17,18). The third kappa shape index (κ3) is 4.22. The molecule has 7 heteroatoms. The number of halogens is 1. The predicted octanol–water partition coefficient (Wildman–Crippen LogP) is 2.55. The van der Waals surface area contributed by atoms with Gasteiger partial charge in [-0.3, -0.25) is 9.78 Å². The minimum atomic E-state index is -0.129. The third-order valence-corrected chi connectivity index (χ3v) is 3.72. The first kappa shape index (κ1) is 13.8. The Balaban J connectivity index is 1.88. The molecule has 0 unspecified atom stereocenters. The molecule has 0 saturated carbocycles. The zero-order valence-corrected chi connectivity index (χ0v) is 12.2. The Morgan fingerprint density at radius 3 is 2.89 bits per heavy atom. The minimum absolute atomic E-state index is 0.129. The highest BCUT2D eigenvalue weighted by atomic mass is 79.9. The molecule has 0 aliphatic carbocycles. The van der Waals surface area contributed by atoms with E-state index in [9.17, 15) is 4.79 Å². The number of thioether (sulfide) groups is 1. The monoisotopic (exact) mass is 338 g/mol.